The summed E-state index contributed by atoms with van der Waals surface area (Å²) in [5.41, 5.74) is -1.22. The Morgan fingerprint density at radius 2 is 2.00 bits per heavy atom. The minimum absolute atomic E-state index is 0.0915. The molecule has 0 unspecified atom stereocenters. The number of halogens is 3. The van der Waals surface area contributed by atoms with Crippen LogP contribution in [0, 0.1) is 5.92 Å². The van der Waals surface area contributed by atoms with E-state index < -0.39 is 17.8 Å². The first-order valence-corrected chi connectivity index (χ1v) is 9.75. The number of aromatic amines is 1. The van der Waals surface area contributed by atoms with Gasteiger partial charge in [-0.3, -0.25) is 14.8 Å². The van der Waals surface area contributed by atoms with Crippen LogP contribution in [0.3, 0.4) is 0 Å². The van der Waals surface area contributed by atoms with E-state index in [0.29, 0.717) is 25.6 Å². The van der Waals surface area contributed by atoms with Crippen molar-refractivity contribution in [3.8, 4) is 0 Å². The van der Waals surface area contributed by atoms with Gasteiger partial charge in [0.25, 0.3) is 5.91 Å². The molecule has 2 aliphatic rings. The van der Waals surface area contributed by atoms with Gasteiger partial charge in [-0.15, -0.1) is 0 Å². The van der Waals surface area contributed by atoms with Gasteiger partial charge in [-0.25, -0.2) is 0 Å². The monoisotopic (exact) mass is 403 g/mol. The molecule has 2 fully saturated rings. The largest absolute Gasteiger partial charge is 0.432 e. The molecule has 3 rings (SSSR count). The summed E-state index contributed by atoms with van der Waals surface area (Å²) < 4.78 is 38.3. The third-order valence-corrected chi connectivity index (χ3v) is 5.82. The molecule has 28 heavy (non-hydrogen) atoms. The highest BCUT2D eigenvalue weighted by molar-refractivity contribution is 5.92. The summed E-state index contributed by atoms with van der Waals surface area (Å²) in [5.74, 6) is -0.285. The van der Waals surface area contributed by atoms with Gasteiger partial charge in [-0.2, -0.15) is 18.3 Å². The summed E-state index contributed by atoms with van der Waals surface area (Å²) >= 11 is 0. The molecule has 0 bridgehead atoms. The van der Waals surface area contributed by atoms with Crippen molar-refractivity contribution in [3.63, 3.8) is 0 Å². The van der Waals surface area contributed by atoms with Crippen molar-refractivity contribution in [1.82, 2.24) is 24.9 Å². The maximum absolute atomic E-state index is 12.8. The minimum atomic E-state index is -4.55. The number of nitrogens with zero attached hydrogens (tertiary/aromatic N) is 4. The Hall–Kier alpha value is -1.65. The van der Waals surface area contributed by atoms with Crippen LogP contribution in [0.1, 0.15) is 35.4 Å². The molecule has 2 saturated heterocycles. The highest BCUT2D eigenvalue weighted by Crippen LogP contribution is 2.30. The lowest BCUT2D eigenvalue weighted by Crippen LogP contribution is -2.57. The number of aromatic nitrogens is 2. The highest BCUT2D eigenvalue weighted by Gasteiger charge is 2.38. The van der Waals surface area contributed by atoms with E-state index in [-0.39, 0.29) is 18.2 Å². The summed E-state index contributed by atoms with van der Waals surface area (Å²) in [7, 11) is 2.10. The van der Waals surface area contributed by atoms with Crippen molar-refractivity contribution < 1.29 is 23.1 Å². The van der Waals surface area contributed by atoms with Crippen LogP contribution in [-0.2, 0) is 6.18 Å². The van der Waals surface area contributed by atoms with Crippen molar-refractivity contribution in [2.24, 2.45) is 5.92 Å². The number of hydrogen-bond donors (Lipinski definition) is 2. The minimum Gasteiger partial charge on any atom is -0.396 e. The molecule has 10 heteroatoms. The van der Waals surface area contributed by atoms with E-state index in [1.807, 2.05) is 5.10 Å². The van der Waals surface area contributed by atoms with Crippen LogP contribution in [-0.4, -0.2) is 94.9 Å². The quantitative estimate of drug-likeness (QED) is 0.775. The number of carbonyl (C=O) groups excluding carboxylic acids is 1. The van der Waals surface area contributed by atoms with Gasteiger partial charge in [0.2, 0.25) is 0 Å². The number of likely N-dealkylation sites (N-methyl/N-ethyl adjacent to an activating group) is 1. The predicted molar refractivity (Wildman–Crippen MR) is 96.8 cm³/mol. The van der Waals surface area contributed by atoms with E-state index >= 15 is 0 Å². The Morgan fingerprint density at radius 1 is 1.29 bits per heavy atom. The first-order chi connectivity index (χ1) is 13.3. The number of amides is 1. The molecule has 0 aromatic carbocycles. The van der Waals surface area contributed by atoms with Gasteiger partial charge in [0.1, 0.15) is 5.69 Å². The first kappa shape index (κ1) is 21.1. The van der Waals surface area contributed by atoms with Crippen LogP contribution in [0.25, 0.3) is 0 Å². The first-order valence-electron chi connectivity index (χ1n) is 9.75. The lowest BCUT2D eigenvalue weighted by molar-refractivity contribution is -0.141. The fourth-order valence-corrected chi connectivity index (χ4v) is 4.21. The Labute approximate surface area is 162 Å². The third-order valence-electron chi connectivity index (χ3n) is 5.82. The summed E-state index contributed by atoms with van der Waals surface area (Å²) in [5, 5.41) is 14.7. The Kier molecular flexibility index (Phi) is 6.61. The second-order valence-corrected chi connectivity index (χ2v) is 7.74. The van der Waals surface area contributed by atoms with Crippen molar-refractivity contribution in [2.75, 3.05) is 52.9 Å². The number of piperidine rings is 1. The van der Waals surface area contributed by atoms with Crippen LogP contribution in [0.4, 0.5) is 13.2 Å². The molecule has 7 nitrogen and oxygen atoms in total. The van der Waals surface area contributed by atoms with Gasteiger partial charge in [-0.05, 0) is 32.2 Å². The Balaban J connectivity index is 1.67. The maximum Gasteiger partial charge on any atom is 0.432 e. The molecule has 0 radical (unpaired) electrons. The van der Waals surface area contributed by atoms with Crippen LogP contribution >= 0.6 is 0 Å². The van der Waals surface area contributed by atoms with Gasteiger partial charge in [0.15, 0.2) is 5.69 Å². The van der Waals surface area contributed by atoms with Crippen LogP contribution < -0.4 is 0 Å². The number of carbonyl (C=O) groups is 1. The van der Waals surface area contributed by atoms with Crippen molar-refractivity contribution in [3.05, 3.63) is 17.5 Å². The fraction of sp³-hybridized carbons (Fsp3) is 0.778. The zero-order valence-electron chi connectivity index (χ0n) is 16.1. The number of likely N-dealkylation sites (tertiary alicyclic amines) is 1. The van der Waals surface area contributed by atoms with Crippen LogP contribution in [0.15, 0.2) is 6.07 Å². The topological polar surface area (TPSA) is 75.7 Å². The average molecular weight is 403 g/mol. The highest BCUT2D eigenvalue weighted by atomic mass is 19.4. The standard InChI is InChI=1S/C18H28F3N5O2/c1-24-6-8-25(9-7-24)15-4-5-26(12-13(15)3-2-10-27)17(28)14-11-16(23-22-14)18(19,20)21/h11,13,15,27H,2-10,12H2,1H3,(H,22,23)/t13-,15+/m0/s1. The number of alkyl halides is 3. The molecule has 3 heterocycles. The SMILES string of the molecule is CN1CCN([C@@H]2CCN(C(=O)c3cc(C(F)(F)F)[nH]n3)C[C@@H]2CCCO)CC1. The number of hydrogen-bond acceptors (Lipinski definition) is 5. The molecule has 1 aromatic rings. The normalized spacial score (nSPS) is 25.2. The van der Waals surface area contributed by atoms with Gasteiger partial charge in [0, 0.05) is 58.0 Å². The zero-order chi connectivity index (χ0) is 20.3. The van der Waals surface area contributed by atoms with Crippen molar-refractivity contribution in [1.29, 1.82) is 0 Å². The Bertz CT molecular complexity index is 658. The smallest absolute Gasteiger partial charge is 0.396 e. The lowest BCUT2D eigenvalue weighted by atomic mass is 9.86. The number of piperazine rings is 1. The summed E-state index contributed by atoms with van der Waals surface area (Å²) in [4.78, 5) is 19.0. The maximum atomic E-state index is 12.8. The summed E-state index contributed by atoms with van der Waals surface area (Å²) in [6.45, 7) is 5.01. The second kappa shape index (κ2) is 8.79. The van der Waals surface area contributed by atoms with Gasteiger partial charge >= 0.3 is 6.18 Å². The van der Waals surface area contributed by atoms with E-state index in [2.05, 4.69) is 21.9 Å². The molecule has 2 N–H and O–H groups in total. The molecular weight excluding hydrogens is 375 g/mol. The van der Waals surface area contributed by atoms with E-state index in [9.17, 15) is 23.1 Å². The van der Waals surface area contributed by atoms with Gasteiger partial charge in [0.05, 0.1) is 0 Å². The summed E-state index contributed by atoms with van der Waals surface area (Å²) in [6.07, 6.45) is -2.34. The van der Waals surface area contributed by atoms with Crippen LogP contribution in [0.5, 0.6) is 0 Å². The fourth-order valence-electron chi connectivity index (χ4n) is 4.21. The van der Waals surface area contributed by atoms with Crippen molar-refractivity contribution in [2.45, 2.75) is 31.5 Å². The van der Waals surface area contributed by atoms with E-state index in [4.69, 9.17) is 0 Å². The molecule has 158 valence electrons. The number of aliphatic hydroxyl groups is 1. The molecule has 2 atom stereocenters. The number of nitrogens with one attached hydrogen (secondary N) is 1. The second-order valence-electron chi connectivity index (χ2n) is 7.74. The molecule has 0 spiro atoms. The zero-order valence-corrected chi connectivity index (χ0v) is 16.1. The number of rotatable bonds is 5. The number of H-pyrrole nitrogens is 1. The predicted octanol–water partition coefficient (Wildman–Crippen LogP) is 1.28. The van der Waals surface area contributed by atoms with Gasteiger partial charge in [-0.1, -0.05) is 0 Å². The molecule has 2 aliphatic heterocycles. The molecule has 1 amide bonds. The van der Waals surface area contributed by atoms with Crippen molar-refractivity contribution >= 4 is 5.91 Å². The van der Waals surface area contributed by atoms with Crippen LogP contribution in [0.2, 0.25) is 0 Å². The molecule has 1 aromatic heterocycles. The van der Waals surface area contributed by atoms with E-state index in [1.165, 1.54) is 0 Å². The summed E-state index contributed by atoms with van der Waals surface area (Å²) in [6, 6.07) is 1.10. The van der Waals surface area contributed by atoms with Gasteiger partial charge < -0.3 is 14.9 Å². The Morgan fingerprint density at radius 3 is 2.61 bits per heavy atom. The molecule has 0 aliphatic carbocycles. The average Bonchev–Trinajstić information content (AvgIpc) is 3.17. The number of aliphatic hydroxyl groups excluding tert-OH is 1. The lowest BCUT2D eigenvalue weighted by Gasteiger charge is -2.46. The van der Waals surface area contributed by atoms with E-state index in [0.717, 1.165) is 45.1 Å². The molecule has 0 saturated carbocycles. The van der Waals surface area contributed by atoms with E-state index in [1.54, 1.807) is 4.90 Å². The third kappa shape index (κ3) is 4.84. The molecular formula is C18H28F3N5O2.